The summed E-state index contributed by atoms with van der Waals surface area (Å²) in [6.45, 7) is 1.68. The maximum Gasteiger partial charge on any atom is 0.429 e. The third kappa shape index (κ3) is 1.52. The summed E-state index contributed by atoms with van der Waals surface area (Å²) in [5.41, 5.74) is -3.26. The fourth-order valence-corrected chi connectivity index (χ4v) is 0.892. The number of hydrogen-bond acceptors (Lipinski definition) is 0. The van der Waals surface area contributed by atoms with Gasteiger partial charge in [0.1, 0.15) is 0 Å². The zero-order valence-electron chi connectivity index (χ0n) is 6.40. The van der Waals surface area contributed by atoms with Gasteiger partial charge in [-0.1, -0.05) is 19.1 Å². The summed E-state index contributed by atoms with van der Waals surface area (Å²) in [6.07, 6.45) is -1.34. The highest BCUT2D eigenvalue weighted by Crippen LogP contribution is 2.38. The van der Waals surface area contributed by atoms with Crippen molar-refractivity contribution in [2.75, 3.05) is 0 Å². The van der Waals surface area contributed by atoms with Crippen LogP contribution in [0.1, 0.15) is 6.92 Å². The Hall–Kier alpha value is -0.800. The van der Waals surface area contributed by atoms with Crippen LogP contribution in [0.4, 0.5) is 17.6 Å². The third-order valence-corrected chi connectivity index (χ3v) is 1.72. The molecule has 1 rings (SSSR count). The van der Waals surface area contributed by atoms with Crippen LogP contribution in [-0.2, 0) is 0 Å². The molecule has 0 unspecified atom stereocenters. The third-order valence-electron chi connectivity index (χ3n) is 1.72. The first kappa shape index (κ1) is 9.29. The largest absolute Gasteiger partial charge is 0.429 e. The molecule has 12 heavy (non-hydrogen) atoms. The van der Waals surface area contributed by atoms with Crippen molar-refractivity contribution in [2.45, 2.75) is 18.8 Å². The molecule has 0 atom stereocenters. The summed E-state index contributed by atoms with van der Waals surface area (Å²) >= 11 is 0. The van der Waals surface area contributed by atoms with Gasteiger partial charge >= 0.3 is 6.18 Å². The van der Waals surface area contributed by atoms with E-state index < -0.39 is 11.8 Å². The smallest absolute Gasteiger partial charge is 0.225 e. The van der Waals surface area contributed by atoms with Crippen LogP contribution in [0.5, 0.6) is 0 Å². The molecule has 0 saturated heterocycles. The molecule has 0 heterocycles. The van der Waals surface area contributed by atoms with Crippen LogP contribution < -0.4 is 0 Å². The number of halogens is 4. The first-order valence-electron chi connectivity index (χ1n) is 3.49. The van der Waals surface area contributed by atoms with E-state index in [4.69, 9.17) is 0 Å². The first-order valence-corrected chi connectivity index (χ1v) is 3.49. The van der Waals surface area contributed by atoms with Crippen molar-refractivity contribution in [3.8, 4) is 0 Å². The summed E-state index contributed by atoms with van der Waals surface area (Å²) in [5.74, 6) is -0.128. The number of alkyl halides is 4. The van der Waals surface area contributed by atoms with Crippen LogP contribution in [-0.4, -0.2) is 11.8 Å². The second-order valence-electron chi connectivity index (χ2n) is 2.84. The van der Waals surface area contributed by atoms with Gasteiger partial charge in [0.05, 0.1) is 0 Å². The van der Waals surface area contributed by atoms with Crippen LogP contribution in [0.25, 0.3) is 0 Å². The van der Waals surface area contributed by atoms with Gasteiger partial charge < -0.3 is 0 Å². The fourth-order valence-electron chi connectivity index (χ4n) is 0.892. The lowest BCUT2D eigenvalue weighted by molar-refractivity contribution is -0.195. The Balaban J connectivity index is 2.89. The molecule has 0 aromatic rings. The van der Waals surface area contributed by atoms with E-state index in [0.29, 0.717) is 12.2 Å². The normalized spacial score (nSPS) is 35.6. The van der Waals surface area contributed by atoms with Gasteiger partial charge in [-0.3, -0.25) is 0 Å². The van der Waals surface area contributed by atoms with Crippen LogP contribution >= 0.6 is 0 Å². The molecule has 0 fully saturated rings. The molecule has 0 nitrogen and oxygen atoms in total. The highest BCUT2D eigenvalue weighted by molar-refractivity contribution is 5.24. The number of hydrogen-bond donors (Lipinski definition) is 0. The van der Waals surface area contributed by atoms with E-state index in [9.17, 15) is 17.6 Å². The van der Waals surface area contributed by atoms with E-state index in [1.54, 1.807) is 6.92 Å². The minimum absolute atomic E-state index is 0.128. The van der Waals surface area contributed by atoms with E-state index in [0.717, 1.165) is 0 Å². The molecule has 0 aliphatic heterocycles. The van der Waals surface area contributed by atoms with Gasteiger partial charge in [-0.25, -0.2) is 4.39 Å². The van der Waals surface area contributed by atoms with Crippen molar-refractivity contribution < 1.29 is 17.6 Å². The molecule has 1 aliphatic rings. The lowest BCUT2D eigenvalue weighted by atomic mass is 9.94. The molecule has 0 amide bonds. The zero-order chi connectivity index (χ0) is 9.41. The van der Waals surface area contributed by atoms with Gasteiger partial charge in [0, 0.05) is 0 Å². The van der Waals surface area contributed by atoms with E-state index in [2.05, 4.69) is 0 Å². The molecule has 0 radical (unpaired) electrons. The lowest BCUT2D eigenvalue weighted by Gasteiger charge is -2.24. The number of rotatable bonds is 0. The van der Waals surface area contributed by atoms with Crippen LogP contribution in [0.15, 0.2) is 24.3 Å². The van der Waals surface area contributed by atoms with E-state index in [1.165, 1.54) is 12.2 Å². The lowest BCUT2D eigenvalue weighted by Crippen LogP contribution is -2.38. The Morgan fingerprint density at radius 3 is 1.92 bits per heavy atom. The van der Waals surface area contributed by atoms with Crippen LogP contribution in [0.2, 0.25) is 0 Å². The average molecular weight is 180 g/mol. The number of allylic oxidation sites excluding steroid dienone is 4. The van der Waals surface area contributed by atoms with Gasteiger partial charge in [-0.2, -0.15) is 13.2 Å². The second kappa shape index (κ2) is 2.61. The molecule has 1 aliphatic carbocycles. The molecular formula is C8H8F4. The molecule has 68 valence electrons. The Bertz CT molecular complexity index is 210. The fraction of sp³-hybridized carbons (Fsp3) is 0.500. The maximum absolute atomic E-state index is 13.0. The van der Waals surface area contributed by atoms with Gasteiger partial charge in [-0.05, 0) is 18.1 Å². The summed E-state index contributed by atoms with van der Waals surface area (Å²) in [5, 5.41) is 0. The van der Waals surface area contributed by atoms with Gasteiger partial charge in [-0.15, -0.1) is 0 Å². The molecule has 0 saturated carbocycles. The van der Waals surface area contributed by atoms with Gasteiger partial charge in [0.2, 0.25) is 5.67 Å². The predicted molar refractivity (Wildman–Crippen MR) is 37.3 cm³/mol. The van der Waals surface area contributed by atoms with Gasteiger partial charge in [0.15, 0.2) is 0 Å². The summed E-state index contributed by atoms with van der Waals surface area (Å²) in [7, 11) is 0. The van der Waals surface area contributed by atoms with Crippen LogP contribution in [0, 0.1) is 5.92 Å². The average Bonchev–Trinajstić information content (AvgIpc) is 1.93. The highest BCUT2D eigenvalue weighted by atomic mass is 19.4. The molecule has 0 aromatic heterocycles. The summed E-state index contributed by atoms with van der Waals surface area (Å²) in [4.78, 5) is 0. The topological polar surface area (TPSA) is 0 Å². The quantitative estimate of drug-likeness (QED) is 0.397. The Morgan fingerprint density at radius 2 is 1.58 bits per heavy atom. The van der Waals surface area contributed by atoms with Crippen molar-refractivity contribution in [1.82, 2.24) is 0 Å². The maximum atomic E-state index is 13.0. The minimum atomic E-state index is -4.85. The van der Waals surface area contributed by atoms with Crippen molar-refractivity contribution in [3.05, 3.63) is 24.3 Å². The second-order valence-corrected chi connectivity index (χ2v) is 2.84. The first-order chi connectivity index (χ1) is 5.35. The van der Waals surface area contributed by atoms with Crippen molar-refractivity contribution in [2.24, 2.45) is 5.92 Å². The Labute approximate surface area is 67.6 Å². The predicted octanol–water partition coefficient (Wildman–Crippen LogP) is 3.02. The SMILES string of the molecule is CC1C=CC(F)(C(F)(F)F)C=C1. The van der Waals surface area contributed by atoms with E-state index in [1.807, 2.05) is 0 Å². The monoisotopic (exact) mass is 180 g/mol. The zero-order valence-corrected chi connectivity index (χ0v) is 6.40. The standard InChI is InChI=1S/C8H8F4/c1-6-2-4-7(9,5-3-6)8(10,11)12/h2-6H,1H3. The minimum Gasteiger partial charge on any atom is -0.225 e. The van der Waals surface area contributed by atoms with E-state index in [-0.39, 0.29) is 5.92 Å². The molecule has 0 aromatic carbocycles. The molecule has 0 N–H and O–H groups in total. The van der Waals surface area contributed by atoms with Crippen LogP contribution in [0.3, 0.4) is 0 Å². The Morgan fingerprint density at radius 1 is 1.17 bits per heavy atom. The molecule has 4 heteroatoms. The van der Waals surface area contributed by atoms with Crippen molar-refractivity contribution in [3.63, 3.8) is 0 Å². The molecule has 0 bridgehead atoms. The van der Waals surface area contributed by atoms with Crippen molar-refractivity contribution >= 4 is 0 Å². The summed E-state index contributed by atoms with van der Waals surface area (Å²) < 4.78 is 48.9. The van der Waals surface area contributed by atoms with E-state index >= 15 is 0 Å². The molecule has 0 spiro atoms. The van der Waals surface area contributed by atoms with Gasteiger partial charge in [0.25, 0.3) is 0 Å². The Kier molecular flexibility index (Phi) is 2.02. The highest BCUT2D eigenvalue weighted by Gasteiger charge is 2.52. The van der Waals surface area contributed by atoms with Crippen molar-refractivity contribution in [1.29, 1.82) is 0 Å². The summed E-state index contributed by atoms with van der Waals surface area (Å²) in [6, 6.07) is 0. The molecular weight excluding hydrogens is 172 g/mol.